The highest BCUT2D eigenvalue weighted by molar-refractivity contribution is 6.17. The summed E-state index contributed by atoms with van der Waals surface area (Å²) in [5.41, 5.74) is 7.76. The van der Waals surface area contributed by atoms with Crippen molar-refractivity contribution in [3.63, 3.8) is 0 Å². The number of benzene rings is 5. The average molecular weight is 529 g/mol. The summed E-state index contributed by atoms with van der Waals surface area (Å²) in [7, 11) is 0. The minimum atomic E-state index is -0.0217. The number of hydrogen-bond acceptors (Lipinski definition) is 4. The minimum Gasteiger partial charge on any atom is -0.456 e. The molecule has 0 saturated carbocycles. The normalized spacial score (nSPS) is 12.0. The molecule has 0 unspecified atom stereocenters. The Morgan fingerprint density at radius 1 is 0.512 bits per heavy atom. The van der Waals surface area contributed by atoms with Gasteiger partial charge in [0, 0.05) is 39.5 Å². The summed E-state index contributed by atoms with van der Waals surface area (Å²) in [6.07, 6.45) is 1.75. The van der Waals surface area contributed by atoms with Crippen molar-refractivity contribution in [2.24, 2.45) is 0 Å². The molecule has 0 N–H and O–H groups in total. The van der Waals surface area contributed by atoms with Crippen molar-refractivity contribution in [2.75, 3.05) is 0 Å². The van der Waals surface area contributed by atoms with Crippen molar-refractivity contribution in [1.82, 2.24) is 9.55 Å². The van der Waals surface area contributed by atoms with Crippen molar-refractivity contribution in [1.29, 1.82) is 0 Å². The molecule has 0 aliphatic rings. The van der Waals surface area contributed by atoms with Crippen molar-refractivity contribution >= 4 is 65.8 Å². The van der Waals surface area contributed by atoms with Crippen LogP contribution in [0.3, 0.4) is 0 Å². The number of fused-ring (bicyclic) bond motifs is 8. The van der Waals surface area contributed by atoms with Crippen LogP contribution in [0.25, 0.3) is 82.6 Å². The van der Waals surface area contributed by atoms with E-state index in [0.717, 1.165) is 49.6 Å². The Labute approximate surface area is 232 Å². The van der Waals surface area contributed by atoms with E-state index in [1.165, 1.54) is 5.39 Å². The molecule has 0 spiro atoms. The average Bonchev–Trinajstić information content (AvgIpc) is 3.55. The number of aromatic nitrogens is 2. The van der Waals surface area contributed by atoms with Crippen LogP contribution in [0.5, 0.6) is 0 Å². The van der Waals surface area contributed by atoms with Gasteiger partial charge < -0.3 is 13.4 Å². The monoisotopic (exact) mass is 528 g/mol. The molecule has 192 valence electrons. The molecule has 9 rings (SSSR count). The number of rotatable bonds is 2. The van der Waals surface area contributed by atoms with Gasteiger partial charge in [-0.1, -0.05) is 48.5 Å². The van der Waals surface area contributed by atoms with Gasteiger partial charge >= 0.3 is 0 Å². The van der Waals surface area contributed by atoms with Gasteiger partial charge in [-0.15, -0.1) is 0 Å². The second-order valence-electron chi connectivity index (χ2n) is 10.4. The molecule has 0 radical (unpaired) electrons. The fourth-order valence-corrected chi connectivity index (χ4v) is 6.16. The van der Waals surface area contributed by atoms with Gasteiger partial charge in [0.1, 0.15) is 16.7 Å². The highest BCUT2D eigenvalue weighted by Gasteiger charge is 2.17. The van der Waals surface area contributed by atoms with Crippen LogP contribution in [0.15, 0.2) is 135 Å². The van der Waals surface area contributed by atoms with Crippen molar-refractivity contribution < 1.29 is 8.83 Å². The highest BCUT2D eigenvalue weighted by atomic mass is 16.3. The summed E-state index contributed by atoms with van der Waals surface area (Å²) < 4.78 is 14.5. The molecule has 4 heterocycles. The summed E-state index contributed by atoms with van der Waals surface area (Å²) >= 11 is 0. The van der Waals surface area contributed by atoms with Crippen LogP contribution >= 0.6 is 0 Å². The molecule has 0 bridgehead atoms. The van der Waals surface area contributed by atoms with E-state index in [4.69, 9.17) is 8.83 Å². The summed E-state index contributed by atoms with van der Waals surface area (Å²) in [5.74, 6) is 0. The number of furan rings is 1. The van der Waals surface area contributed by atoms with Crippen LogP contribution in [-0.4, -0.2) is 9.55 Å². The van der Waals surface area contributed by atoms with Gasteiger partial charge in [-0.05, 0) is 71.8 Å². The van der Waals surface area contributed by atoms with Crippen LogP contribution in [0.1, 0.15) is 0 Å². The van der Waals surface area contributed by atoms with Gasteiger partial charge in [-0.2, -0.15) is 0 Å². The predicted octanol–water partition coefficient (Wildman–Crippen LogP) is 9.00. The van der Waals surface area contributed by atoms with Crippen molar-refractivity contribution in [2.45, 2.75) is 0 Å². The van der Waals surface area contributed by atoms with E-state index in [2.05, 4.69) is 76.3 Å². The van der Waals surface area contributed by atoms with Crippen LogP contribution in [0.2, 0.25) is 0 Å². The zero-order chi connectivity index (χ0) is 27.1. The third-order valence-corrected chi connectivity index (χ3v) is 8.06. The first kappa shape index (κ1) is 22.2. The SMILES string of the molecule is O=c1c2ccccc2oc2ccc(-c3cccc(-n4c5ccccc5c5cc6c(cc54)oc4ncccc46)c3)cc12. The fraction of sp³-hybridized carbons (Fsp3) is 0. The summed E-state index contributed by atoms with van der Waals surface area (Å²) in [6.45, 7) is 0. The molecule has 5 heteroatoms. The van der Waals surface area contributed by atoms with Crippen LogP contribution in [0.4, 0.5) is 0 Å². The zero-order valence-corrected chi connectivity index (χ0v) is 21.7. The molecule has 0 fully saturated rings. The zero-order valence-electron chi connectivity index (χ0n) is 21.7. The lowest BCUT2D eigenvalue weighted by molar-refractivity contribution is 0.654. The highest BCUT2D eigenvalue weighted by Crippen LogP contribution is 2.38. The number of para-hydroxylation sites is 2. The van der Waals surface area contributed by atoms with Gasteiger partial charge in [0.05, 0.1) is 21.8 Å². The van der Waals surface area contributed by atoms with Gasteiger partial charge in [0.2, 0.25) is 11.1 Å². The number of pyridine rings is 1. The molecule has 9 aromatic rings. The van der Waals surface area contributed by atoms with E-state index < -0.39 is 0 Å². The minimum absolute atomic E-state index is 0.0217. The Hall–Kier alpha value is -5.68. The topological polar surface area (TPSA) is 61.2 Å². The smallest absolute Gasteiger partial charge is 0.227 e. The molecule has 0 saturated heterocycles. The van der Waals surface area contributed by atoms with Gasteiger partial charge in [0.15, 0.2) is 0 Å². The maximum Gasteiger partial charge on any atom is 0.227 e. The van der Waals surface area contributed by atoms with E-state index in [1.807, 2.05) is 48.5 Å². The van der Waals surface area contributed by atoms with E-state index in [0.29, 0.717) is 27.7 Å². The molecule has 0 aliphatic heterocycles. The predicted molar refractivity (Wildman–Crippen MR) is 165 cm³/mol. The molecule has 4 aromatic heterocycles. The molecule has 0 atom stereocenters. The summed E-state index contributed by atoms with van der Waals surface area (Å²) in [6, 6.07) is 38.4. The molecule has 5 aromatic carbocycles. The van der Waals surface area contributed by atoms with Crippen molar-refractivity contribution in [3.05, 3.63) is 132 Å². The quantitative estimate of drug-likeness (QED) is 0.210. The molecule has 0 aliphatic carbocycles. The maximum atomic E-state index is 13.3. The Bertz CT molecular complexity index is 2570. The number of hydrogen-bond donors (Lipinski definition) is 0. The molecule has 5 nitrogen and oxygen atoms in total. The van der Waals surface area contributed by atoms with Crippen LogP contribution < -0.4 is 5.43 Å². The third-order valence-electron chi connectivity index (χ3n) is 8.06. The lowest BCUT2D eigenvalue weighted by Gasteiger charge is -2.11. The first-order valence-corrected chi connectivity index (χ1v) is 13.5. The second-order valence-corrected chi connectivity index (χ2v) is 10.4. The first-order valence-electron chi connectivity index (χ1n) is 13.5. The largest absolute Gasteiger partial charge is 0.456 e. The molecular formula is C36H20N2O3. The Morgan fingerprint density at radius 3 is 2.27 bits per heavy atom. The van der Waals surface area contributed by atoms with E-state index in [1.54, 1.807) is 6.20 Å². The lowest BCUT2D eigenvalue weighted by atomic mass is 10.0. The Kier molecular flexibility index (Phi) is 4.41. The standard InChI is InChI=1S/C36H20N2O3/c39-35-26-10-2-4-13-32(26)40-33-15-14-22(18-29(33)35)21-7-5-8-23(17-21)38-30-12-3-1-9-24(30)27-19-28-25-11-6-16-37-36(25)41-34(28)20-31(27)38/h1-20H. The molecule has 41 heavy (non-hydrogen) atoms. The molecule has 0 amide bonds. The van der Waals surface area contributed by atoms with E-state index in [9.17, 15) is 4.79 Å². The van der Waals surface area contributed by atoms with Gasteiger partial charge in [0.25, 0.3) is 0 Å². The van der Waals surface area contributed by atoms with E-state index in [-0.39, 0.29) is 5.43 Å². The Balaban J connectivity index is 1.28. The molecular weight excluding hydrogens is 508 g/mol. The lowest BCUT2D eigenvalue weighted by Crippen LogP contribution is -2.02. The second kappa shape index (κ2) is 8.16. The summed E-state index contributed by atoms with van der Waals surface area (Å²) in [4.78, 5) is 17.7. The fourth-order valence-electron chi connectivity index (χ4n) is 6.16. The van der Waals surface area contributed by atoms with Gasteiger partial charge in [-0.3, -0.25) is 4.79 Å². The van der Waals surface area contributed by atoms with Gasteiger partial charge in [-0.25, -0.2) is 4.98 Å². The van der Waals surface area contributed by atoms with Crippen LogP contribution in [0, 0.1) is 0 Å². The Morgan fingerprint density at radius 2 is 1.32 bits per heavy atom. The first-order chi connectivity index (χ1) is 20.2. The maximum absolute atomic E-state index is 13.3. The van der Waals surface area contributed by atoms with E-state index >= 15 is 0 Å². The number of nitrogens with zero attached hydrogens (tertiary/aromatic N) is 2. The summed E-state index contributed by atoms with van der Waals surface area (Å²) in [5, 5.41) is 5.55. The van der Waals surface area contributed by atoms with Crippen molar-refractivity contribution in [3.8, 4) is 16.8 Å². The van der Waals surface area contributed by atoms with Crippen LogP contribution in [-0.2, 0) is 0 Å². The third kappa shape index (κ3) is 3.17.